The van der Waals surface area contributed by atoms with Crippen molar-refractivity contribution in [3.05, 3.63) is 76.7 Å². The summed E-state index contributed by atoms with van der Waals surface area (Å²) in [7, 11) is 0. The minimum absolute atomic E-state index is 0.0875. The Morgan fingerprint density at radius 1 is 1.07 bits per heavy atom. The van der Waals surface area contributed by atoms with Crippen LogP contribution in [0.25, 0.3) is 11.1 Å². The molecule has 2 N–H and O–H groups in total. The highest BCUT2D eigenvalue weighted by molar-refractivity contribution is 6.29. The van der Waals surface area contributed by atoms with E-state index in [2.05, 4.69) is 15.3 Å². The Bertz CT molecular complexity index is 1040. The standard InChI is InChI=1S/C20H14ClN3O4/c21-16-9-22-18(17(23-16)19(25)26)24-20(27)28-10-15-13-7-3-1-5-11(13)12-6-2-4-8-14(12)15/h1-9,15H,10H2,(H,25,26)(H,22,24,27). The molecular formula is C20H14ClN3O4. The summed E-state index contributed by atoms with van der Waals surface area (Å²) < 4.78 is 5.36. The molecule has 1 aliphatic carbocycles. The maximum absolute atomic E-state index is 12.2. The van der Waals surface area contributed by atoms with Crippen molar-refractivity contribution in [3.8, 4) is 11.1 Å². The number of nitrogens with zero attached hydrogens (tertiary/aromatic N) is 2. The van der Waals surface area contributed by atoms with Crippen molar-refractivity contribution in [2.75, 3.05) is 11.9 Å². The summed E-state index contributed by atoms with van der Waals surface area (Å²) in [5.41, 5.74) is 3.93. The first kappa shape index (κ1) is 17.9. The predicted molar refractivity (Wildman–Crippen MR) is 103 cm³/mol. The maximum atomic E-state index is 12.2. The second-order valence-corrected chi connectivity index (χ2v) is 6.53. The number of ether oxygens (including phenoxy) is 1. The number of nitrogens with one attached hydrogen (secondary N) is 1. The van der Waals surface area contributed by atoms with Gasteiger partial charge in [0.25, 0.3) is 0 Å². The Balaban J connectivity index is 1.51. The summed E-state index contributed by atoms with van der Waals surface area (Å²) in [6, 6.07) is 15.9. The molecule has 0 aliphatic heterocycles. The van der Waals surface area contributed by atoms with Gasteiger partial charge in [0.05, 0.1) is 6.20 Å². The Morgan fingerprint density at radius 2 is 1.68 bits per heavy atom. The predicted octanol–water partition coefficient (Wildman–Crippen LogP) is 4.19. The zero-order valence-corrected chi connectivity index (χ0v) is 15.2. The topological polar surface area (TPSA) is 101 Å². The van der Waals surface area contributed by atoms with Gasteiger partial charge in [-0.15, -0.1) is 0 Å². The second-order valence-electron chi connectivity index (χ2n) is 6.15. The zero-order chi connectivity index (χ0) is 19.7. The summed E-state index contributed by atoms with van der Waals surface area (Å²) in [5, 5.41) is 11.4. The van der Waals surface area contributed by atoms with Crippen LogP contribution in [0.4, 0.5) is 10.6 Å². The number of carboxylic acids is 1. The number of carbonyl (C=O) groups is 2. The number of benzene rings is 2. The van der Waals surface area contributed by atoms with E-state index in [1.165, 1.54) is 0 Å². The van der Waals surface area contributed by atoms with Gasteiger partial charge in [0.15, 0.2) is 11.5 Å². The molecule has 3 aromatic rings. The van der Waals surface area contributed by atoms with E-state index in [0.717, 1.165) is 28.5 Å². The van der Waals surface area contributed by atoms with Gasteiger partial charge in [-0.1, -0.05) is 60.1 Å². The fraction of sp³-hybridized carbons (Fsp3) is 0.100. The number of carboxylic acid groups (broad SMARTS) is 1. The van der Waals surface area contributed by atoms with Crippen LogP contribution in [-0.4, -0.2) is 33.7 Å². The molecule has 2 aromatic carbocycles. The number of anilines is 1. The van der Waals surface area contributed by atoms with Gasteiger partial charge in [-0.25, -0.2) is 19.6 Å². The van der Waals surface area contributed by atoms with Gasteiger partial charge in [-0.2, -0.15) is 0 Å². The molecule has 1 aliphatic rings. The van der Waals surface area contributed by atoms with Crippen molar-refractivity contribution in [1.29, 1.82) is 0 Å². The lowest BCUT2D eigenvalue weighted by atomic mass is 9.98. The van der Waals surface area contributed by atoms with Gasteiger partial charge in [0.1, 0.15) is 11.8 Å². The Morgan fingerprint density at radius 3 is 2.29 bits per heavy atom. The summed E-state index contributed by atoms with van der Waals surface area (Å²) in [5.74, 6) is -1.69. The normalized spacial score (nSPS) is 12.2. The average Bonchev–Trinajstić information content (AvgIpc) is 3.01. The minimum Gasteiger partial charge on any atom is -0.476 e. The van der Waals surface area contributed by atoms with Crippen molar-refractivity contribution in [2.45, 2.75) is 5.92 Å². The number of rotatable bonds is 4. The van der Waals surface area contributed by atoms with E-state index in [0.29, 0.717) is 0 Å². The van der Waals surface area contributed by atoms with Gasteiger partial charge in [0.2, 0.25) is 0 Å². The molecule has 140 valence electrons. The van der Waals surface area contributed by atoms with Crippen LogP contribution in [-0.2, 0) is 4.74 Å². The highest BCUT2D eigenvalue weighted by atomic mass is 35.5. The summed E-state index contributed by atoms with van der Waals surface area (Å²) in [6.07, 6.45) is 0.327. The molecule has 0 saturated heterocycles. The van der Waals surface area contributed by atoms with Crippen LogP contribution in [0.15, 0.2) is 54.7 Å². The first-order chi connectivity index (χ1) is 13.5. The zero-order valence-electron chi connectivity index (χ0n) is 14.4. The van der Waals surface area contributed by atoms with Crippen molar-refractivity contribution in [1.82, 2.24) is 9.97 Å². The van der Waals surface area contributed by atoms with Crippen LogP contribution in [0.5, 0.6) is 0 Å². The molecular weight excluding hydrogens is 382 g/mol. The maximum Gasteiger partial charge on any atom is 0.412 e. The Hall–Kier alpha value is -3.45. The molecule has 7 nitrogen and oxygen atoms in total. The number of aromatic nitrogens is 2. The molecule has 0 fully saturated rings. The Labute approximate surface area is 165 Å². The largest absolute Gasteiger partial charge is 0.476 e. The number of hydrogen-bond donors (Lipinski definition) is 2. The van der Waals surface area contributed by atoms with E-state index in [1.54, 1.807) is 0 Å². The lowest BCUT2D eigenvalue weighted by molar-refractivity contribution is 0.0691. The van der Waals surface area contributed by atoms with Gasteiger partial charge in [-0.3, -0.25) is 5.32 Å². The minimum atomic E-state index is -1.36. The highest BCUT2D eigenvalue weighted by Gasteiger charge is 2.29. The quantitative estimate of drug-likeness (QED) is 0.686. The number of carbonyl (C=O) groups excluding carboxylic acids is 1. The number of hydrogen-bond acceptors (Lipinski definition) is 5. The molecule has 4 rings (SSSR count). The fourth-order valence-electron chi connectivity index (χ4n) is 3.34. The number of fused-ring (bicyclic) bond motifs is 3. The summed E-state index contributed by atoms with van der Waals surface area (Å²) in [4.78, 5) is 30.9. The fourth-order valence-corrected chi connectivity index (χ4v) is 3.47. The molecule has 1 aromatic heterocycles. The second kappa shape index (κ2) is 7.28. The third kappa shape index (κ3) is 3.27. The molecule has 0 unspecified atom stereocenters. The molecule has 0 radical (unpaired) electrons. The first-order valence-corrected chi connectivity index (χ1v) is 8.80. The summed E-state index contributed by atoms with van der Waals surface area (Å²) >= 11 is 5.66. The smallest absolute Gasteiger partial charge is 0.412 e. The van der Waals surface area contributed by atoms with Crippen LogP contribution in [0.1, 0.15) is 27.5 Å². The number of halogens is 1. The SMILES string of the molecule is O=C(Nc1ncc(Cl)nc1C(=O)O)OCC1c2ccccc2-c2ccccc21. The van der Waals surface area contributed by atoms with Crippen LogP contribution < -0.4 is 5.32 Å². The van der Waals surface area contributed by atoms with E-state index in [1.807, 2.05) is 48.5 Å². The van der Waals surface area contributed by atoms with Gasteiger partial charge in [-0.05, 0) is 22.3 Å². The lowest BCUT2D eigenvalue weighted by Gasteiger charge is -2.14. The van der Waals surface area contributed by atoms with Crippen LogP contribution >= 0.6 is 11.6 Å². The van der Waals surface area contributed by atoms with E-state index in [-0.39, 0.29) is 23.5 Å². The van der Waals surface area contributed by atoms with E-state index < -0.39 is 17.8 Å². The van der Waals surface area contributed by atoms with Crippen LogP contribution in [0, 0.1) is 0 Å². The van der Waals surface area contributed by atoms with Crippen molar-refractivity contribution >= 4 is 29.5 Å². The van der Waals surface area contributed by atoms with E-state index in [4.69, 9.17) is 16.3 Å². The molecule has 1 heterocycles. The average molecular weight is 396 g/mol. The Kier molecular flexibility index (Phi) is 4.67. The van der Waals surface area contributed by atoms with Crippen molar-refractivity contribution in [2.24, 2.45) is 0 Å². The third-order valence-corrected chi connectivity index (χ3v) is 4.69. The van der Waals surface area contributed by atoms with Gasteiger partial charge in [0, 0.05) is 5.92 Å². The monoisotopic (exact) mass is 395 g/mol. The van der Waals surface area contributed by atoms with Crippen LogP contribution in [0.3, 0.4) is 0 Å². The van der Waals surface area contributed by atoms with Gasteiger partial charge < -0.3 is 9.84 Å². The van der Waals surface area contributed by atoms with Gasteiger partial charge >= 0.3 is 12.1 Å². The van der Waals surface area contributed by atoms with Crippen LogP contribution in [0.2, 0.25) is 5.15 Å². The molecule has 0 spiro atoms. The molecule has 28 heavy (non-hydrogen) atoms. The molecule has 0 atom stereocenters. The number of aromatic carboxylic acids is 1. The summed E-state index contributed by atoms with van der Waals surface area (Å²) in [6.45, 7) is 0.100. The molecule has 0 bridgehead atoms. The van der Waals surface area contributed by atoms with Crippen molar-refractivity contribution in [3.63, 3.8) is 0 Å². The lowest BCUT2D eigenvalue weighted by Crippen LogP contribution is -2.20. The first-order valence-electron chi connectivity index (χ1n) is 8.42. The van der Waals surface area contributed by atoms with Crippen molar-refractivity contribution < 1.29 is 19.4 Å². The molecule has 1 amide bonds. The highest BCUT2D eigenvalue weighted by Crippen LogP contribution is 2.44. The molecule has 0 saturated carbocycles. The third-order valence-electron chi connectivity index (χ3n) is 4.51. The number of amides is 1. The van der Waals surface area contributed by atoms with E-state index in [9.17, 15) is 14.7 Å². The van der Waals surface area contributed by atoms with E-state index >= 15 is 0 Å². The molecule has 8 heteroatoms.